The Morgan fingerprint density at radius 3 is 2.55 bits per heavy atom. The van der Waals surface area contributed by atoms with E-state index in [0.29, 0.717) is 5.69 Å². The zero-order valence-electron chi connectivity index (χ0n) is 15.1. The van der Waals surface area contributed by atoms with Crippen molar-refractivity contribution in [1.29, 1.82) is 0 Å². The predicted octanol–water partition coefficient (Wildman–Crippen LogP) is -1.48. The number of aliphatic hydroxyl groups is 3. The van der Waals surface area contributed by atoms with Crippen molar-refractivity contribution in [2.24, 2.45) is 0 Å². The van der Waals surface area contributed by atoms with Crippen molar-refractivity contribution >= 4 is 0 Å². The van der Waals surface area contributed by atoms with Gasteiger partial charge >= 0.3 is 5.69 Å². The third-order valence-corrected chi connectivity index (χ3v) is 4.82. The van der Waals surface area contributed by atoms with E-state index in [4.69, 9.17) is 4.74 Å². The third kappa shape index (κ3) is 3.63. The molecule has 152 valence electrons. The lowest BCUT2D eigenvalue weighted by atomic mass is 10.0. The number of H-pyrrole nitrogens is 2. The van der Waals surface area contributed by atoms with Crippen molar-refractivity contribution < 1.29 is 20.1 Å². The summed E-state index contributed by atoms with van der Waals surface area (Å²) in [5.74, 6) is 0. The Bertz CT molecular complexity index is 1110. The maximum Gasteiger partial charge on any atom is 0.325 e. The van der Waals surface area contributed by atoms with Crippen LogP contribution in [0.1, 0.15) is 17.4 Å². The quantitative estimate of drug-likeness (QED) is 0.345. The minimum atomic E-state index is -1.45. The molecule has 0 spiro atoms. The SMILES string of the molecule is O=c1[nH]c(Cn2cc(-c3ccccc3)nn2)c([C@@H]2O[C@H](CO)C(O)C2O)c(=O)[nH]1. The van der Waals surface area contributed by atoms with Gasteiger partial charge in [0.2, 0.25) is 0 Å². The van der Waals surface area contributed by atoms with Crippen molar-refractivity contribution in [1.82, 2.24) is 25.0 Å². The average Bonchev–Trinajstić information content (AvgIpc) is 3.28. The first-order valence-corrected chi connectivity index (χ1v) is 8.91. The van der Waals surface area contributed by atoms with Crippen molar-refractivity contribution in [3.63, 3.8) is 0 Å². The van der Waals surface area contributed by atoms with Crippen LogP contribution in [0.3, 0.4) is 0 Å². The molecule has 1 saturated heterocycles. The molecule has 1 fully saturated rings. The Hall–Kier alpha value is -3.12. The fourth-order valence-corrected chi connectivity index (χ4v) is 3.39. The average molecular weight is 401 g/mol. The summed E-state index contributed by atoms with van der Waals surface area (Å²) >= 11 is 0. The van der Waals surface area contributed by atoms with Gasteiger partial charge in [0, 0.05) is 5.56 Å². The summed E-state index contributed by atoms with van der Waals surface area (Å²) in [7, 11) is 0. The topological polar surface area (TPSA) is 166 Å². The molecule has 2 aromatic heterocycles. The van der Waals surface area contributed by atoms with Crippen LogP contribution in [0.4, 0.5) is 0 Å². The number of aromatic amines is 2. The van der Waals surface area contributed by atoms with E-state index in [1.54, 1.807) is 6.20 Å². The van der Waals surface area contributed by atoms with Crippen molar-refractivity contribution in [3.05, 3.63) is 68.6 Å². The first-order valence-electron chi connectivity index (χ1n) is 8.91. The first kappa shape index (κ1) is 19.2. The van der Waals surface area contributed by atoms with Gasteiger partial charge in [0.1, 0.15) is 30.1 Å². The largest absolute Gasteiger partial charge is 0.394 e. The summed E-state index contributed by atoms with van der Waals surface area (Å²) in [5, 5.41) is 37.7. The molecule has 0 amide bonds. The number of nitrogens with zero attached hydrogens (tertiary/aromatic N) is 3. The fourth-order valence-electron chi connectivity index (χ4n) is 3.39. The van der Waals surface area contributed by atoms with Gasteiger partial charge in [0.05, 0.1) is 30.6 Å². The van der Waals surface area contributed by atoms with Crippen LogP contribution in [0.25, 0.3) is 11.3 Å². The van der Waals surface area contributed by atoms with Crippen LogP contribution in [0, 0.1) is 0 Å². The maximum atomic E-state index is 12.5. The Morgan fingerprint density at radius 2 is 1.86 bits per heavy atom. The van der Waals surface area contributed by atoms with Gasteiger partial charge in [-0.2, -0.15) is 0 Å². The number of hydrogen-bond donors (Lipinski definition) is 5. The number of aromatic nitrogens is 5. The number of benzene rings is 1. The van der Waals surface area contributed by atoms with Gasteiger partial charge < -0.3 is 25.0 Å². The van der Waals surface area contributed by atoms with Gasteiger partial charge in [-0.3, -0.25) is 9.78 Å². The molecule has 3 aromatic rings. The maximum absolute atomic E-state index is 12.5. The summed E-state index contributed by atoms with van der Waals surface area (Å²) in [6.45, 7) is -0.560. The molecule has 2 unspecified atom stereocenters. The summed E-state index contributed by atoms with van der Waals surface area (Å²) in [5.41, 5.74) is 0.0573. The van der Waals surface area contributed by atoms with E-state index < -0.39 is 42.3 Å². The fraction of sp³-hybridized carbons (Fsp3) is 0.333. The predicted molar refractivity (Wildman–Crippen MR) is 99.0 cm³/mol. The highest BCUT2D eigenvalue weighted by atomic mass is 16.6. The first-order chi connectivity index (χ1) is 14.0. The molecule has 0 saturated carbocycles. The van der Waals surface area contributed by atoms with Crippen LogP contribution in [0.2, 0.25) is 0 Å². The smallest absolute Gasteiger partial charge is 0.325 e. The molecule has 4 atom stereocenters. The third-order valence-electron chi connectivity index (χ3n) is 4.82. The molecule has 11 heteroatoms. The van der Waals surface area contributed by atoms with Crippen LogP contribution in [-0.4, -0.2) is 65.2 Å². The number of aliphatic hydroxyl groups excluding tert-OH is 3. The normalized spacial score (nSPS) is 24.1. The number of nitrogens with one attached hydrogen (secondary N) is 2. The molecular weight excluding hydrogens is 382 g/mol. The molecule has 5 N–H and O–H groups in total. The van der Waals surface area contributed by atoms with E-state index in [2.05, 4.69) is 20.3 Å². The Labute approximate surface area is 163 Å². The molecule has 1 aromatic carbocycles. The van der Waals surface area contributed by atoms with Crippen molar-refractivity contribution in [3.8, 4) is 11.3 Å². The Balaban J connectivity index is 1.69. The zero-order valence-corrected chi connectivity index (χ0v) is 15.1. The van der Waals surface area contributed by atoms with Gasteiger partial charge in [0.15, 0.2) is 0 Å². The summed E-state index contributed by atoms with van der Waals surface area (Å²) in [4.78, 5) is 28.9. The highest BCUT2D eigenvalue weighted by Gasteiger charge is 2.45. The van der Waals surface area contributed by atoms with Crippen molar-refractivity contribution in [2.45, 2.75) is 31.0 Å². The molecule has 29 heavy (non-hydrogen) atoms. The van der Waals surface area contributed by atoms with Gasteiger partial charge in [-0.25, -0.2) is 9.48 Å². The second-order valence-electron chi connectivity index (χ2n) is 6.73. The highest BCUT2D eigenvalue weighted by molar-refractivity contribution is 5.57. The van der Waals surface area contributed by atoms with E-state index in [1.165, 1.54) is 4.68 Å². The lowest BCUT2D eigenvalue weighted by Gasteiger charge is -2.17. The molecule has 0 bridgehead atoms. The van der Waals surface area contributed by atoms with E-state index in [9.17, 15) is 24.9 Å². The number of rotatable bonds is 5. The minimum absolute atomic E-state index is 0.0270. The van der Waals surface area contributed by atoms with E-state index in [1.807, 2.05) is 30.3 Å². The monoisotopic (exact) mass is 401 g/mol. The molecule has 1 aliphatic heterocycles. The van der Waals surface area contributed by atoms with Crippen LogP contribution in [-0.2, 0) is 11.3 Å². The standard InChI is InChI=1S/C18H19N5O6/c24-8-12-14(25)15(26)16(29-12)13-11(19-18(28)20-17(13)27)7-23-6-10(21-22-23)9-4-2-1-3-5-9/h1-6,12,14-16,24-26H,7-8H2,(H2,19,20,27,28)/t12-,14?,15?,16+/m1/s1. The second kappa shape index (κ2) is 7.72. The lowest BCUT2D eigenvalue weighted by Crippen LogP contribution is -2.35. The van der Waals surface area contributed by atoms with E-state index in [0.717, 1.165) is 5.56 Å². The lowest BCUT2D eigenvalue weighted by molar-refractivity contribution is -0.0235. The second-order valence-corrected chi connectivity index (χ2v) is 6.73. The Morgan fingerprint density at radius 1 is 1.10 bits per heavy atom. The molecule has 0 radical (unpaired) electrons. The highest BCUT2D eigenvalue weighted by Crippen LogP contribution is 2.33. The van der Waals surface area contributed by atoms with Gasteiger partial charge in [0.25, 0.3) is 5.56 Å². The molecule has 1 aliphatic rings. The van der Waals surface area contributed by atoms with Crippen LogP contribution in [0.5, 0.6) is 0 Å². The summed E-state index contributed by atoms with van der Waals surface area (Å²) < 4.78 is 6.89. The van der Waals surface area contributed by atoms with Crippen molar-refractivity contribution in [2.75, 3.05) is 6.61 Å². The van der Waals surface area contributed by atoms with Gasteiger partial charge in [-0.15, -0.1) is 5.10 Å². The van der Waals surface area contributed by atoms with Crippen LogP contribution < -0.4 is 11.2 Å². The zero-order chi connectivity index (χ0) is 20.5. The molecule has 4 rings (SSSR count). The number of ether oxygens (including phenoxy) is 1. The molecular formula is C18H19N5O6. The number of hydrogen-bond acceptors (Lipinski definition) is 8. The van der Waals surface area contributed by atoms with Crippen LogP contribution in [0.15, 0.2) is 46.1 Å². The minimum Gasteiger partial charge on any atom is -0.394 e. The van der Waals surface area contributed by atoms with E-state index >= 15 is 0 Å². The molecule has 3 heterocycles. The molecule has 11 nitrogen and oxygen atoms in total. The Kier molecular flexibility index (Phi) is 5.11. The molecule has 0 aliphatic carbocycles. The van der Waals surface area contributed by atoms with Crippen LogP contribution >= 0.6 is 0 Å². The summed E-state index contributed by atoms with van der Waals surface area (Å²) in [6, 6.07) is 9.34. The van der Waals surface area contributed by atoms with Gasteiger partial charge in [-0.1, -0.05) is 35.5 Å². The summed E-state index contributed by atoms with van der Waals surface area (Å²) in [6.07, 6.45) is -3.45. The van der Waals surface area contributed by atoms with E-state index in [-0.39, 0.29) is 17.8 Å². The van der Waals surface area contributed by atoms with Gasteiger partial charge in [-0.05, 0) is 0 Å².